The van der Waals surface area contributed by atoms with E-state index in [1.54, 1.807) is 0 Å². The molecule has 1 heterocycles. The van der Waals surface area contributed by atoms with Crippen LogP contribution in [0.2, 0.25) is 0 Å². The van der Waals surface area contributed by atoms with E-state index in [0.29, 0.717) is 6.61 Å². The minimum Gasteiger partial charge on any atom is -0.493 e. The lowest BCUT2D eigenvalue weighted by Gasteiger charge is -2.25. The Morgan fingerprint density at radius 1 is 1.28 bits per heavy atom. The largest absolute Gasteiger partial charge is 0.493 e. The number of carbonyl (C=O) groups excluding carboxylic acids is 1. The molecule has 0 unspecified atom stereocenters. The highest BCUT2D eigenvalue weighted by molar-refractivity contribution is 7.89. The van der Waals surface area contributed by atoms with Gasteiger partial charge in [0.2, 0.25) is 10.0 Å². The molecule has 0 spiro atoms. The lowest BCUT2D eigenvalue weighted by Crippen LogP contribution is -2.35. The second kappa shape index (κ2) is 6.81. The van der Waals surface area contributed by atoms with E-state index in [0.717, 1.165) is 35.9 Å². The number of sulfonamides is 1. The van der Waals surface area contributed by atoms with Gasteiger partial charge in [-0.1, -0.05) is 18.2 Å². The van der Waals surface area contributed by atoms with E-state index in [9.17, 15) is 17.6 Å². The third kappa shape index (κ3) is 3.97. The average molecular weight is 364 g/mol. The Bertz CT molecular complexity index is 915. The van der Waals surface area contributed by atoms with Crippen LogP contribution in [0.5, 0.6) is 5.75 Å². The molecule has 132 valence electrons. The first kappa shape index (κ1) is 17.4. The SMILES string of the molecule is NS(=O)(=O)c1ccc(F)c(C(=O)NC[C@H]2COc3ccccc3C2)c1. The van der Waals surface area contributed by atoms with Crippen LogP contribution in [0.1, 0.15) is 15.9 Å². The van der Waals surface area contributed by atoms with Crippen molar-refractivity contribution in [2.75, 3.05) is 13.2 Å². The predicted octanol–water partition coefficient (Wildman–Crippen LogP) is 1.45. The number of hydrogen-bond acceptors (Lipinski definition) is 4. The second-order valence-electron chi connectivity index (χ2n) is 5.89. The quantitative estimate of drug-likeness (QED) is 0.858. The summed E-state index contributed by atoms with van der Waals surface area (Å²) >= 11 is 0. The third-order valence-electron chi connectivity index (χ3n) is 4.02. The number of fused-ring (bicyclic) bond motifs is 1. The lowest BCUT2D eigenvalue weighted by atomic mass is 9.96. The molecule has 0 bridgehead atoms. The number of para-hydroxylation sites is 1. The number of nitrogens with two attached hydrogens (primary N) is 1. The van der Waals surface area contributed by atoms with E-state index in [4.69, 9.17) is 9.88 Å². The Kier molecular flexibility index (Phi) is 4.73. The molecular weight excluding hydrogens is 347 g/mol. The average Bonchev–Trinajstić information content (AvgIpc) is 2.59. The number of nitrogens with one attached hydrogen (secondary N) is 1. The number of primary sulfonamides is 1. The van der Waals surface area contributed by atoms with Gasteiger partial charge < -0.3 is 10.1 Å². The molecule has 1 atom stereocenters. The first-order chi connectivity index (χ1) is 11.8. The second-order valence-corrected chi connectivity index (χ2v) is 7.45. The third-order valence-corrected chi connectivity index (χ3v) is 4.93. The number of hydrogen-bond donors (Lipinski definition) is 2. The molecule has 0 saturated heterocycles. The van der Waals surface area contributed by atoms with Crippen molar-refractivity contribution in [3.63, 3.8) is 0 Å². The maximum atomic E-state index is 13.8. The van der Waals surface area contributed by atoms with Crippen molar-refractivity contribution in [1.29, 1.82) is 0 Å². The summed E-state index contributed by atoms with van der Waals surface area (Å²) < 4.78 is 42.2. The molecule has 0 fully saturated rings. The van der Waals surface area contributed by atoms with Gasteiger partial charge in [-0.2, -0.15) is 0 Å². The van der Waals surface area contributed by atoms with Crippen LogP contribution in [0.3, 0.4) is 0 Å². The smallest absolute Gasteiger partial charge is 0.254 e. The first-order valence-electron chi connectivity index (χ1n) is 7.66. The fourth-order valence-corrected chi connectivity index (χ4v) is 3.25. The molecule has 2 aromatic rings. The van der Waals surface area contributed by atoms with Crippen molar-refractivity contribution >= 4 is 15.9 Å². The summed E-state index contributed by atoms with van der Waals surface area (Å²) in [5.41, 5.74) is 0.694. The van der Waals surface area contributed by atoms with Crippen molar-refractivity contribution in [1.82, 2.24) is 5.32 Å². The Morgan fingerprint density at radius 2 is 2.04 bits per heavy atom. The molecule has 25 heavy (non-hydrogen) atoms. The zero-order valence-corrected chi connectivity index (χ0v) is 14.1. The number of amides is 1. The summed E-state index contributed by atoms with van der Waals surface area (Å²) in [5, 5.41) is 7.64. The highest BCUT2D eigenvalue weighted by Crippen LogP contribution is 2.26. The molecule has 0 saturated carbocycles. The van der Waals surface area contributed by atoms with Crippen molar-refractivity contribution in [2.45, 2.75) is 11.3 Å². The van der Waals surface area contributed by atoms with Crippen LogP contribution in [0.15, 0.2) is 47.4 Å². The van der Waals surface area contributed by atoms with Crippen LogP contribution in [-0.4, -0.2) is 27.5 Å². The summed E-state index contributed by atoms with van der Waals surface area (Å²) in [7, 11) is -4.01. The Labute approximate surface area is 144 Å². The zero-order valence-electron chi connectivity index (χ0n) is 13.2. The van der Waals surface area contributed by atoms with Gasteiger partial charge in [0.25, 0.3) is 5.91 Å². The summed E-state index contributed by atoms with van der Waals surface area (Å²) in [6.07, 6.45) is 0.732. The van der Waals surface area contributed by atoms with Crippen molar-refractivity contribution in [2.24, 2.45) is 11.1 Å². The summed E-state index contributed by atoms with van der Waals surface area (Å²) in [4.78, 5) is 11.9. The van der Waals surface area contributed by atoms with E-state index >= 15 is 0 Å². The van der Waals surface area contributed by atoms with E-state index in [2.05, 4.69) is 5.32 Å². The topological polar surface area (TPSA) is 98.5 Å². The van der Waals surface area contributed by atoms with Crippen molar-refractivity contribution in [3.05, 3.63) is 59.4 Å². The molecule has 8 heteroatoms. The van der Waals surface area contributed by atoms with Crippen LogP contribution in [0, 0.1) is 11.7 Å². The molecule has 6 nitrogen and oxygen atoms in total. The highest BCUT2D eigenvalue weighted by Gasteiger charge is 2.22. The maximum absolute atomic E-state index is 13.8. The van der Waals surface area contributed by atoms with Crippen molar-refractivity contribution in [3.8, 4) is 5.75 Å². The van der Waals surface area contributed by atoms with Gasteiger partial charge in [0, 0.05) is 12.5 Å². The van der Waals surface area contributed by atoms with E-state index < -0.39 is 21.7 Å². The van der Waals surface area contributed by atoms with Gasteiger partial charge in [-0.3, -0.25) is 4.79 Å². The van der Waals surface area contributed by atoms with Crippen LogP contribution in [-0.2, 0) is 16.4 Å². The van der Waals surface area contributed by atoms with Crippen LogP contribution < -0.4 is 15.2 Å². The lowest BCUT2D eigenvalue weighted by molar-refractivity contribution is 0.0934. The minimum atomic E-state index is -4.01. The standard InChI is InChI=1S/C17H17FN2O4S/c18-15-6-5-13(25(19,22)23)8-14(15)17(21)20-9-11-7-12-3-1-2-4-16(12)24-10-11/h1-6,8,11H,7,9-10H2,(H,20,21)(H2,19,22,23)/t11-/m0/s1. The Balaban J connectivity index is 1.68. The molecule has 0 aromatic heterocycles. The van der Waals surface area contributed by atoms with Gasteiger partial charge in [0.1, 0.15) is 11.6 Å². The number of ether oxygens (including phenoxy) is 1. The number of benzene rings is 2. The van der Waals surface area contributed by atoms with Crippen LogP contribution >= 0.6 is 0 Å². The van der Waals surface area contributed by atoms with Crippen LogP contribution in [0.25, 0.3) is 0 Å². The van der Waals surface area contributed by atoms with Gasteiger partial charge in [0.05, 0.1) is 17.1 Å². The first-order valence-corrected chi connectivity index (χ1v) is 9.20. The van der Waals surface area contributed by atoms with E-state index in [1.165, 1.54) is 0 Å². The van der Waals surface area contributed by atoms with E-state index in [-0.39, 0.29) is 22.9 Å². The molecule has 1 aliphatic heterocycles. The number of rotatable bonds is 4. The fraction of sp³-hybridized carbons (Fsp3) is 0.235. The van der Waals surface area contributed by atoms with E-state index in [1.807, 2.05) is 24.3 Å². The monoisotopic (exact) mass is 364 g/mol. The number of halogens is 1. The minimum absolute atomic E-state index is 0.0448. The van der Waals surface area contributed by atoms with Crippen molar-refractivity contribution < 1.29 is 22.3 Å². The maximum Gasteiger partial charge on any atom is 0.254 e. The molecule has 1 aliphatic rings. The molecule has 0 aliphatic carbocycles. The molecule has 2 aromatic carbocycles. The molecule has 1 amide bonds. The molecule has 0 radical (unpaired) electrons. The predicted molar refractivity (Wildman–Crippen MR) is 89.2 cm³/mol. The van der Waals surface area contributed by atoms with Gasteiger partial charge in [-0.25, -0.2) is 17.9 Å². The molecular formula is C17H17FN2O4S. The fourth-order valence-electron chi connectivity index (χ4n) is 2.71. The summed E-state index contributed by atoms with van der Waals surface area (Å²) in [5.74, 6) is -0.627. The van der Waals surface area contributed by atoms with Crippen LogP contribution in [0.4, 0.5) is 4.39 Å². The van der Waals surface area contributed by atoms with Gasteiger partial charge in [-0.15, -0.1) is 0 Å². The van der Waals surface area contributed by atoms with Gasteiger partial charge in [0.15, 0.2) is 0 Å². The zero-order chi connectivity index (χ0) is 18.0. The van der Waals surface area contributed by atoms with Gasteiger partial charge in [-0.05, 0) is 36.2 Å². The Morgan fingerprint density at radius 3 is 2.80 bits per heavy atom. The number of carbonyl (C=O) groups is 1. The van der Waals surface area contributed by atoms with Gasteiger partial charge >= 0.3 is 0 Å². The molecule has 3 rings (SSSR count). The highest BCUT2D eigenvalue weighted by atomic mass is 32.2. The Hall–Kier alpha value is -2.45. The summed E-state index contributed by atoms with van der Waals surface area (Å²) in [6, 6.07) is 10.5. The summed E-state index contributed by atoms with van der Waals surface area (Å²) in [6.45, 7) is 0.725. The molecule has 3 N–H and O–H groups in total. The normalized spacial score (nSPS) is 16.6.